The molecule has 0 aromatic rings. The summed E-state index contributed by atoms with van der Waals surface area (Å²) < 4.78 is 16.2. The molecule has 0 heterocycles. The fourth-order valence-corrected chi connectivity index (χ4v) is 0.896. The number of hydrogen-bond donors (Lipinski definition) is 0. The highest BCUT2D eigenvalue weighted by molar-refractivity contribution is 6.36. The van der Waals surface area contributed by atoms with Gasteiger partial charge in [-0.05, 0) is 19.3 Å². The summed E-state index contributed by atoms with van der Waals surface area (Å²) in [6, 6.07) is 0. The van der Waals surface area contributed by atoms with Gasteiger partial charge in [-0.2, -0.15) is 0 Å². The normalized spacial score (nSPS) is 10.5. The van der Waals surface area contributed by atoms with Gasteiger partial charge in [-0.25, -0.2) is 0 Å². The van der Waals surface area contributed by atoms with Crippen LogP contribution in [0.25, 0.3) is 0 Å². The summed E-state index contributed by atoms with van der Waals surface area (Å²) in [6.07, 6.45) is 4.17. The molecule has 0 aromatic heterocycles. The molecule has 4 heteroatoms. The van der Waals surface area contributed by atoms with Crippen LogP contribution in [-0.4, -0.2) is 27.1 Å². The first-order valence-electron chi connectivity index (χ1n) is 5.69. The Bertz CT molecular complexity index is 104. The molecule has 0 bridgehead atoms. The fourth-order valence-electron chi connectivity index (χ4n) is 0.896. The molecule has 84 valence electrons. The standard InChI is InChI=1S/C10H23BO3/c1-4-7-10-14-11(12-8-5-2)13-9-6-3/h4-10H2,1-3H3. The van der Waals surface area contributed by atoms with Crippen molar-refractivity contribution in [2.75, 3.05) is 19.8 Å². The first kappa shape index (κ1) is 13.9. The van der Waals surface area contributed by atoms with E-state index >= 15 is 0 Å². The van der Waals surface area contributed by atoms with Gasteiger partial charge in [0.2, 0.25) is 0 Å². The maximum Gasteiger partial charge on any atom is 0.639 e. The lowest BCUT2D eigenvalue weighted by molar-refractivity contribution is 0.0922. The molecular weight excluding hydrogens is 179 g/mol. The van der Waals surface area contributed by atoms with Crippen LogP contribution in [0.1, 0.15) is 46.5 Å². The van der Waals surface area contributed by atoms with Gasteiger partial charge in [-0.15, -0.1) is 0 Å². The molecule has 0 aliphatic carbocycles. The van der Waals surface area contributed by atoms with Crippen LogP contribution in [0.15, 0.2) is 0 Å². The Morgan fingerprint density at radius 2 is 1.21 bits per heavy atom. The van der Waals surface area contributed by atoms with Gasteiger partial charge in [0.1, 0.15) is 0 Å². The summed E-state index contributed by atoms with van der Waals surface area (Å²) in [6.45, 7) is 8.39. The molecule has 0 saturated heterocycles. The smallest absolute Gasteiger partial charge is 0.386 e. The van der Waals surface area contributed by atoms with Crippen LogP contribution in [-0.2, 0) is 14.0 Å². The van der Waals surface area contributed by atoms with E-state index in [0.29, 0.717) is 19.8 Å². The predicted molar refractivity (Wildman–Crippen MR) is 59.1 cm³/mol. The minimum atomic E-state index is -0.457. The van der Waals surface area contributed by atoms with Crippen LogP contribution < -0.4 is 0 Å². The van der Waals surface area contributed by atoms with Crippen molar-refractivity contribution >= 4 is 7.32 Å². The van der Waals surface area contributed by atoms with E-state index in [-0.39, 0.29) is 0 Å². The third kappa shape index (κ3) is 8.54. The first-order valence-corrected chi connectivity index (χ1v) is 5.69. The van der Waals surface area contributed by atoms with E-state index in [0.717, 1.165) is 25.7 Å². The van der Waals surface area contributed by atoms with E-state index < -0.39 is 7.32 Å². The Morgan fingerprint density at radius 3 is 1.64 bits per heavy atom. The Labute approximate surface area is 88.3 Å². The van der Waals surface area contributed by atoms with Crippen molar-refractivity contribution in [2.45, 2.75) is 46.5 Å². The van der Waals surface area contributed by atoms with Crippen molar-refractivity contribution in [3.63, 3.8) is 0 Å². The van der Waals surface area contributed by atoms with Gasteiger partial charge in [0, 0.05) is 19.8 Å². The van der Waals surface area contributed by atoms with Gasteiger partial charge in [-0.3, -0.25) is 0 Å². The van der Waals surface area contributed by atoms with Crippen molar-refractivity contribution in [2.24, 2.45) is 0 Å². The maximum absolute atomic E-state index is 5.44. The van der Waals surface area contributed by atoms with Crippen molar-refractivity contribution in [1.29, 1.82) is 0 Å². The Balaban J connectivity index is 3.49. The third-order valence-corrected chi connectivity index (χ3v) is 1.67. The third-order valence-electron chi connectivity index (χ3n) is 1.67. The fraction of sp³-hybridized carbons (Fsp3) is 1.00. The monoisotopic (exact) mass is 202 g/mol. The summed E-state index contributed by atoms with van der Waals surface area (Å²) in [7, 11) is -0.457. The highest BCUT2D eigenvalue weighted by atomic mass is 16.7. The van der Waals surface area contributed by atoms with Gasteiger partial charge in [0.05, 0.1) is 0 Å². The highest BCUT2D eigenvalue weighted by Gasteiger charge is 2.19. The molecule has 0 atom stereocenters. The Kier molecular flexibility index (Phi) is 11.0. The summed E-state index contributed by atoms with van der Waals surface area (Å²) in [5, 5.41) is 0. The van der Waals surface area contributed by atoms with E-state index in [4.69, 9.17) is 14.0 Å². The van der Waals surface area contributed by atoms with Crippen molar-refractivity contribution < 1.29 is 14.0 Å². The van der Waals surface area contributed by atoms with Crippen LogP contribution in [0.4, 0.5) is 0 Å². The largest absolute Gasteiger partial charge is 0.639 e. The van der Waals surface area contributed by atoms with E-state index in [9.17, 15) is 0 Å². The number of rotatable bonds is 10. The lowest BCUT2D eigenvalue weighted by Gasteiger charge is -2.13. The van der Waals surface area contributed by atoms with Crippen LogP contribution >= 0.6 is 0 Å². The number of hydrogen-bond acceptors (Lipinski definition) is 3. The molecule has 0 aliphatic heterocycles. The first-order chi connectivity index (χ1) is 6.85. The molecule has 0 radical (unpaired) electrons. The van der Waals surface area contributed by atoms with E-state index in [2.05, 4.69) is 20.8 Å². The number of unbranched alkanes of at least 4 members (excludes halogenated alkanes) is 1. The van der Waals surface area contributed by atoms with Gasteiger partial charge < -0.3 is 14.0 Å². The van der Waals surface area contributed by atoms with Gasteiger partial charge in [-0.1, -0.05) is 27.2 Å². The van der Waals surface area contributed by atoms with E-state index in [1.54, 1.807) is 0 Å². The second-order valence-corrected chi connectivity index (χ2v) is 3.25. The molecule has 0 fully saturated rings. The molecule has 0 aromatic carbocycles. The zero-order valence-corrected chi connectivity index (χ0v) is 9.75. The van der Waals surface area contributed by atoms with Gasteiger partial charge in [0.15, 0.2) is 0 Å². The van der Waals surface area contributed by atoms with Crippen molar-refractivity contribution in [1.82, 2.24) is 0 Å². The molecule has 0 N–H and O–H groups in total. The molecule has 0 amide bonds. The zero-order valence-electron chi connectivity index (χ0n) is 9.75. The second kappa shape index (κ2) is 11.0. The van der Waals surface area contributed by atoms with Crippen molar-refractivity contribution in [3.05, 3.63) is 0 Å². The lowest BCUT2D eigenvalue weighted by Crippen LogP contribution is -2.28. The van der Waals surface area contributed by atoms with Crippen molar-refractivity contribution in [3.8, 4) is 0 Å². The molecule has 0 saturated carbocycles. The quantitative estimate of drug-likeness (QED) is 0.402. The summed E-state index contributed by atoms with van der Waals surface area (Å²) in [5.41, 5.74) is 0. The van der Waals surface area contributed by atoms with Crippen LogP contribution in [0.5, 0.6) is 0 Å². The zero-order chi connectivity index (χ0) is 10.6. The molecule has 3 nitrogen and oxygen atoms in total. The SMILES string of the molecule is CCCCOB(OCCC)OCCC. The topological polar surface area (TPSA) is 27.7 Å². The summed E-state index contributed by atoms with van der Waals surface area (Å²) >= 11 is 0. The maximum atomic E-state index is 5.44. The molecule has 14 heavy (non-hydrogen) atoms. The van der Waals surface area contributed by atoms with Crippen LogP contribution in [0.2, 0.25) is 0 Å². The highest BCUT2D eigenvalue weighted by Crippen LogP contribution is 1.98. The Morgan fingerprint density at radius 1 is 0.714 bits per heavy atom. The lowest BCUT2D eigenvalue weighted by atomic mass is 10.2. The van der Waals surface area contributed by atoms with E-state index in [1.165, 1.54) is 0 Å². The van der Waals surface area contributed by atoms with Crippen LogP contribution in [0, 0.1) is 0 Å². The minimum absolute atomic E-state index is 0.457. The summed E-state index contributed by atoms with van der Waals surface area (Å²) in [4.78, 5) is 0. The average molecular weight is 202 g/mol. The summed E-state index contributed by atoms with van der Waals surface area (Å²) in [5.74, 6) is 0. The molecular formula is C10H23BO3. The van der Waals surface area contributed by atoms with E-state index in [1.807, 2.05) is 0 Å². The Hall–Kier alpha value is -0.0551. The van der Waals surface area contributed by atoms with Gasteiger partial charge >= 0.3 is 7.32 Å². The second-order valence-electron chi connectivity index (χ2n) is 3.25. The molecule has 0 spiro atoms. The average Bonchev–Trinajstić information content (AvgIpc) is 2.21. The molecule has 0 aliphatic rings. The minimum Gasteiger partial charge on any atom is -0.386 e. The predicted octanol–water partition coefficient (Wildman–Crippen LogP) is 2.64. The van der Waals surface area contributed by atoms with Crippen LogP contribution in [0.3, 0.4) is 0 Å². The molecule has 0 rings (SSSR count). The molecule has 0 unspecified atom stereocenters. The van der Waals surface area contributed by atoms with Gasteiger partial charge in [0.25, 0.3) is 0 Å².